The maximum Gasteiger partial charge on any atom is 0.269 e. The van der Waals surface area contributed by atoms with E-state index in [-0.39, 0.29) is 5.91 Å². The highest BCUT2D eigenvalue weighted by atomic mass is 32.1. The molecular weight excluding hydrogens is 334 g/mol. The number of carbonyl (C=O) groups is 1. The Kier molecular flexibility index (Phi) is 5.08. The van der Waals surface area contributed by atoms with Crippen molar-refractivity contribution in [2.24, 2.45) is 11.8 Å². The molecule has 2 aromatic heterocycles. The van der Waals surface area contributed by atoms with Crippen molar-refractivity contribution in [1.82, 2.24) is 15.3 Å². The summed E-state index contributed by atoms with van der Waals surface area (Å²) in [5.41, 5.74) is 1.27. The Morgan fingerprint density at radius 2 is 2.20 bits per heavy atom. The van der Waals surface area contributed by atoms with Crippen LogP contribution in [0.5, 0.6) is 0 Å². The molecule has 1 atom stereocenters. The summed E-state index contributed by atoms with van der Waals surface area (Å²) in [5.74, 6) is 1.60. The van der Waals surface area contributed by atoms with Crippen LogP contribution in [0.15, 0.2) is 29.8 Å². The SMILES string of the molecule is O=C(NC[C@@H](c1nccs1)C1CC1)c1cccc(COCC2CC2)n1. The number of carbonyl (C=O) groups excluding carboxylic acids is 1. The highest BCUT2D eigenvalue weighted by molar-refractivity contribution is 7.09. The fourth-order valence-corrected chi connectivity index (χ4v) is 3.80. The van der Waals surface area contributed by atoms with Gasteiger partial charge in [0.1, 0.15) is 5.69 Å². The Hall–Kier alpha value is -1.79. The third-order valence-electron chi connectivity index (χ3n) is 4.78. The van der Waals surface area contributed by atoms with Gasteiger partial charge in [0.15, 0.2) is 0 Å². The largest absolute Gasteiger partial charge is 0.375 e. The topological polar surface area (TPSA) is 64.1 Å². The number of hydrogen-bond donors (Lipinski definition) is 1. The highest BCUT2D eigenvalue weighted by Gasteiger charge is 2.34. The first kappa shape index (κ1) is 16.7. The van der Waals surface area contributed by atoms with Crippen molar-refractivity contribution in [3.63, 3.8) is 0 Å². The van der Waals surface area contributed by atoms with E-state index in [0.717, 1.165) is 23.2 Å². The summed E-state index contributed by atoms with van der Waals surface area (Å²) in [5, 5.41) is 6.17. The van der Waals surface area contributed by atoms with E-state index in [1.807, 2.05) is 23.7 Å². The molecule has 0 radical (unpaired) electrons. The summed E-state index contributed by atoms with van der Waals surface area (Å²) < 4.78 is 5.66. The van der Waals surface area contributed by atoms with Gasteiger partial charge in [-0.05, 0) is 49.7 Å². The van der Waals surface area contributed by atoms with Crippen LogP contribution in [-0.4, -0.2) is 29.0 Å². The fourth-order valence-electron chi connectivity index (χ4n) is 2.97. The van der Waals surface area contributed by atoms with E-state index in [1.165, 1.54) is 25.7 Å². The summed E-state index contributed by atoms with van der Waals surface area (Å²) in [6.07, 6.45) is 6.84. The molecule has 2 saturated carbocycles. The maximum absolute atomic E-state index is 12.5. The summed E-state index contributed by atoms with van der Waals surface area (Å²) in [4.78, 5) is 21.3. The zero-order chi connectivity index (χ0) is 17.1. The van der Waals surface area contributed by atoms with E-state index in [1.54, 1.807) is 17.4 Å². The Labute approximate surface area is 151 Å². The van der Waals surface area contributed by atoms with Crippen molar-refractivity contribution in [1.29, 1.82) is 0 Å². The van der Waals surface area contributed by atoms with Crippen LogP contribution in [0.3, 0.4) is 0 Å². The van der Waals surface area contributed by atoms with Gasteiger partial charge in [0, 0.05) is 30.6 Å². The molecule has 0 saturated heterocycles. The smallest absolute Gasteiger partial charge is 0.269 e. The lowest BCUT2D eigenvalue weighted by molar-refractivity contribution is 0.0940. The molecule has 2 aromatic rings. The molecule has 0 aliphatic heterocycles. The first-order chi connectivity index (χ1) is 12.3. The number of aromatic nitrogens is 2. The van der Waals surface area contributed by atoms with Gasteiger partial charge >= 0.3 is 0 Å². The molecule has 5 nitrogen and oxygen atoms in total. The Balaban J connectivity index is 1.32. The number of nitrogens with zero attached hydrogens (tertiary/aromatic N) is 2. The van der Waals surface area contributed by atoms with E-state index in [4.69, 9.17) is 4.74 Å². The van der Waals surface area contributed by atoms with E-state index >= 15 is 0 Å². The number of ether oxygens (including phenoxy) is 1. The zero-order valence-corrected chi connectivity index (χ0v) is 15.0. The lowest BCUT2D eigenvalue weighted by Gasteiger charge is -2.14. The third kappa shape index (κ3) is 4.64. The van der Waals surface area contributed by atoms with E-state index in [9.17, 15) is 4.79 Å². The molecular formula is C19H23N3O2S. The van der Waals surface area contributed by atoms with Gasteiger partial charge in [0.2, 0.25) is 0 Å². The summed E-state index contributed by atoms with van der Waals surface area (Å²) in [7, 11) is 0. The molecule has 2 aliphatic rings. The average Bonchev–Trinajstić information content (AvgIpc) is 3.56. The van der Waals surface area contributed by atoms with Gasteiger partial charge < -0.3 is 10.1 Å². The number of rotatable bonds is 9. The second-order valence-electron chi connectivity index (χ2n) is 7.00. The minimum absolute atomic E-state index is 0.119. The molecule has 25 heavy (non-hydrogen) atoms. The van der Waals surface area contributed by atoms with E-state index in [0.29, 0.717) is 30.7 Å². The molecule has 0 spiro atoms. The minimum atomic E-state index is -0.119. The van der Waals surface area contributed by atoms with Crippen LogP contribution in [0.4, 0.5) is 0 Å². The molecule has 2 heterocycles. The average molecular weight is 357 g/mol. The van der Waals surface area contributed by atoms with Crippen LogP contribution in [0.25, 0.3) is 0 Å². The van der Waals surface area contributed by atoms with E-state index in [2.05, 4.69) is 15.3 Å². The van der Waals surface area contributed by atoms with Gasteiger partial charge in [-0.2, -0.15) is 0 Å². The third-order valence-corrected chi connectivity index (χ3v) is 5.69. The summed E-state index contributed by atoms with van der Waals surface area (Å²) in [6.45, 7) is 1.90. The van der Waals surface area contributed by atoms with Crippen LogP contribution in [0.2, 0.25) is 0 Å². The Bertz CT molecular complexity index is 711. The lowest BCUT2D eigenvalue weighted by atomic mass is 10.1. The van der Waals surface area contributed by atoms with Gasteiger partial charge in [-0.15, -0.1) is 11.3 Å². The first-order valence-corrected chi connectivity index (χ1v) is 9.89. The molecule has 1 N–H and O–H groups in total. The predicted octanol–water partition coefficient (Wildman–Crippen LogP) is 3.39. The molecule has 2 aliphatic carbocycles. The minimum Gasteiger partial charge on any atom is -0.375 e. The van der Waals surface area contributed by atoms with Crippen molar-refractivity contribution < 1.29 is 9.53 Å². The molecule has 0 bridgehead atoms. The Morgan fingerprint density at radius 1 is 1.32 bits per heavy atom. The van der Waals surface area contributed by atoms with Crippen LogP contribution in [0, 0.1) is 11.8 Å². The molecule has 0 aromatic carbocycles. The van der Waals surface area contributed by atoms with Crippen LogP contribution >= 0.6 is 11.3 Å². The first-order valence-electron chi connectivity index (χ1n) is 9.01. The summed E-state index contributed by atoms with van der Waals surface area (Å²) >= 11 is 1.67. The second kappa shape index (κ2) is 7.62. The normalized spacial score (nSPS) is 18.1. The van der Waals surface area contributed by atoms with Gasteiger partial charge in [-0.1, -0.05) is 6.07 Å². The quantitative estimate of drug-likeness (QED) is 0.747. The molecule has 4 rings (SSSR count). The van der Waals surface area contributed by atoms with Crippen LogP contribution in [0.1, 0.15) is 52.8 Å². The molecule has 132 valence electrons. The van der Waals surface area contributed by atoms with Crippen molar-refractivity contribution in [3.8, 4) is 0 Å². The molecule has 2 fully saturated rings. The van der Waals surface area contributed by atoms with Gasteiger partial charge in [0.05, 0.1) is 17.3 Å². The monoisotopic (exact) mass is 357 g/mol. The summed E-state index contributed by atoms with van der Waals surface area (Å²) in [6, 6.07) is 5.54. The molecule has 6 heteroatoms. The van der Waals surface area contributed by atoms with Crippen molar-refractivity contribution in [2.45, 2.75) is 38.2 Å². The van der Waals surface area contributed by atoms with E-state index < -0.39 is 0 Å². The standard InChI is InChI=1S/C19H23N3O2S/c23-18(21-10-16(14-6-7-14)19-20-8-9-25-19)17-3-1-2-15(22-17)12-24-11-13-4-5-13/h1-3,8-9,13-14,16H,4-7,10-12H2,(H,21,23)/t16-/m1/s1. The number of pyridine rings is 1. The lowest BCUT2D eigenvalue weighted by Crippen LogP contribution is -2.30. The number of nitrogens with one attached hydrogen (secondary N) is 1. The number of thiazole rings is 1. The van der Waals surface area contributed by atoms with Gasteiger partial charge in [-0.3, -0.25) is 4.79 Å². The zero-order valence-electron chi connectivity index (χ0n) is 14.2. The fraction of sp³-hybridized carbons (Fsp3) is 0.526. The van der Waals surface area contributed by atoms with Crippen molar-refractivity contribution >= 4 is 17.2 Å². The van der Waals surface area contributed by atoms with Crippen molar-refractivity contribution in [2.75, 3.05) is 13.2 Å². The number of amides is 1. The highest BCUT2D eigenvalue weighted by Crippen LogP contribution is 2.42. The van der Waals surface area contributed by atoms with Crippen LogP contribution in [-0.2, 0) is 11.3 Å². The van der Waals surface area contributed by atoms with Crippen molar-refractivity contribution in [3.05, 3.63) is 46.2 Å². The van der Waals surface area contributed by atoms with Crippen LogP contribution < -0.4 is 5.32 Å². The second-order valence-corrected chi connectivity index (χ2v) is 7.92. The molecule has 0 unspecified atom stereocenters. The maximum atomic E-state index is 12.5. The number of hydrogen-bond acceptors (Lipinski definition) is 5. The Morgan fingerprint density at radius 3 is 2.92 bits per heavy atom. The molecule has 1 amide bonds. The van der Waals surface area contributed by atoms with Gasteiger partial charge in [0.25, 0.3) is 5.91 Å². The van der Waals surface area contributed by atoms with Gasteiger partial charge in [-0.25, -0.2) is 9.97 Å². The predicted molar refractivity (Wildman–Crippen MR) is 96.5 cm³/mol.